The van der Waals surface area contributed by atoms with E-state index in [2.05, 4.69) is 0 Å². The molecule has 0 saturated heterocycles. The standard InChI is InChI=1S/C20H26O5/c21-13-19(17(23)11-15-7-3-1-4-8-15)25-20(14-22)18(24)12-16-9-5-2-6-10-16/h1-10,17-24H,11-14H2. The summed E-state index contributed by atoms with van der Waals surface area (Å²) in [5, 5.41) is 39.7. The van der Waals surface area contributed by atoms with Crippen molar-refractivity contribution in [3.05, 3.63) is 71.8 Å². The lowest BCUT2D eigenvalue weighted by molar-refractivity contribution is -0.142. The Morgan fingerprint density at radius 3 is 1.32 bits per heavy atom. The first-order valence-corrected chi connectivity index (χ1v) is 8.45. The Hall–Kier alpha value is -1.76. The molecule has 2 aromatic rings. The van der Waals surface area contributed by atoms with E-state index in [4.69, 9.17) is 4.74 Å². The summed E-state index contributed by atoms with van der Waals surface area (Å²) in [6, 6.07) is 18.8. The highest BCUT2D eigenvalue weighted by atomic mass is 16.5. The van der Waals surface area contributed by atoms with E-state index in [0.717, 1.165) is 11.1 Å². The minimum atomic E-state index is -0.939. The van der Waals surface area contributed by atoms with Crippen LogP contribution in [-0.2, 0) is 17.6 Å². The molecule has 4 atom stereocenters. The number of ether oxygens (including phenoxy) is 1. The SMILES string of the molecule is OCC(OC(CO)C(O)Cc1ccccc1)C(O)Cc1ccccc1. The third-order valence-electron chi connectivity index (χ3n) is 4.14. The van der Waals surface area contributed by atoms with Gasteiger partial charge in [-0.3, -0.25) is 0 Å². The van der Waals surface area contributed by atoms with Crippen LogP contribution in [0.25, 0.3) is 0 Å². The lowest BCUT2D eigenvalue weighted by atomic mass is 10.0. The molecule has 0 saturated carbocycles. The summed E-state index contributed by atoms with van der Waals surface area (Å²) in [5.41, 5.74) is 1.84. The molecular weight excluding hydrogens is 320 g/mol. The lowest BCUT2D eigenvalue weighted by Gasteiger charge is -2.29. The van der Waals surface area contributed by atoms with E-state index in [1.165, 1.54) is 0 Å². The van der Waals surface area contributed by atoms with Crippen molar-refractivity contribution in [3.63, 3.8) is 0 Å². The van der Waals surface area contributed by atoms with Gasteiger partial charge in [0.1, 0.15) is 12.2 Å². The van der Waals surface area contributed by atoms with Crippen molar-refractivity contribution >= 4 is 0 Å². The first-order valence-electron chi connectivity index (χ1n) is 8.45. The Labute approximate surface area is 148 Å². The zero-order chi connectivity index (χ0) is 18.1. The molecule has 136 valence electrons. The highest BCUT2D eigenvalue weighted by Gasteiger charge is 2.27. The lowest BCUT2D eigenvalue weighted by Crippen LogP contribution is -2.43. The summed E-state index contributed by atoms with van der Waals surface area (Å²) in [7, 11) is 0. The maximum atomic E-state index is 10.3. The van der Waals surface area contributed by atoms with Gasteiger partial charge < -0.3 is 25.2 Å². The number of aliphatic hydroxyl groups excluding tert-OH is 4. The molecule has 0 fully saturated rings. The Balaban J connectivity index is 1.94. The molecule has 2 rings (SSSR count). The smallest absolute Gasteiger partial charge is 0.107 e. The van der Waals surface area contributed by atoms with Crippen molar-refractivity contribution in [2.24, 2.45) is 0 Å². The monoisotopic (exact) mass is 346 g/mol. The minimum absolute atomic E-state index is 0.318. The van der Waals surface area contributed by atoms with Gasteiger partial charge in [-0.05, 0) is 11.1 Å². The summed E-state index contributed by atoms with van der Waals surface area (Å²) in [6.07, 6.45) is -3.01. The van der Waals surface area contributed by atoms with Crippen molar-refractivity contribution in [1.29, 1.82) is 0 Å². The van der Waals surface area contributed by atoms with Crippen LogP contribution in [0.1, 0.15) is 11.1 Å². The van der Waals surface area contributed by atoms with Crippen LogP contribution in [0.3, 0.4) is 0 Å². The van der Waals surface area contributed by atoms with Gasteiger partial charge in [-0.2, -0.15) is 0 Å². The molecule has 25 heavy (non-hydrogen) atoms. The van der Waals surface area contributed by atoms with E-state index in [1.54, 1.807) is 0 Å². The molecule has 0 aliphatic carbocycles. The van der Waals surface area contributed by atoms with Crippen molar-refractivity contribution in [3.8, 4) is 0 Å². The highest BCUT2D eigenvalue weighted by molar-refractivity contribution is 5.16. The fraction of sp³-hybridized carbons (Fsp3) is 0.400. The van der Waals surface area contributed by atoms with Crippen LogP contribution in [0.15, 0.2) is 60.7 Å². The van der Waals surface area contributed by atoms with Gasteiger partial charge in [0.05, 0.1) is 25.4 Å². The molecule has 5 nitrogen and oxygen atoms in total. The molecule has 0 radical (unpaired) electrons. The second kappa shape index (κ2) is 10.3. The molecule has 2 aromatic carbocycles. The van der Waals surface area contributed by atoms with E-state index in [1.807, 2.05) is 60.7 Å². The third-order valence-corrected chi connectivity index (χ3v) is 4.14. The molecule has 0 bridgehead atoms. The molecule has 4 N–H and O–H groups in total. The van der Waals surface area contributed by atoms with Gasteiger partial charge in [0.25, 0.3) is 0 Å². The van der Waals surface area contributed by atoms with Crippen LogP contribution < -0.4 is 0 Å². The van der Waals surface area contributed by atoms with E-state index in [-0.39, 0.29) is 0 Å². The zero-order valence-electron chi connectivity index (χ0n) is 14.1. The van der Waals surface area contributed by atoms with E-state index < -0.39 is 37.6 Å². The Kier molecular flexibility index (Phi) is 8.04. The summed E-state index contributed by atoms with van der Waals surface area (Å²) in [4.78, 5) is 0. The van der Waals surface area contributed by atoms with Gasteiger partial charge in [-0.1, -0.05) is 60.7 Å². The Morgan fingerprint density at radius 1 is 0.640 bits per heavy atom. The van der Waals surface area contributed by atoms with E-state index >= 15 is 0 Å². The number of hydrogen-bond acceptors (Lipinski definition) is 5. The summed E-state index contributed by atoms with van der Waals surface area (Å²) >= 11 is 0. The van der Waals surface area contributed by atoms with Crippen LogP contribution in [0, 0.1) is 0 Å². The largest absolute Gasteiger partial charge is 0.394 e. The van der Waals surface area contributed by atoms with Gasteiger partial charge in [0, 0.05) is 12.8 Å². The summed E-state index contributed by atoms with van der Waals surface area (Å²) in [6.45, 7) is -0.800. The first-order chi connectivity index (χ1) is 12.1. The van der Waals surface area contributed by atoms with Crippen LogP contribution in [-0.4, -0.2) is 58.1 Å². The first kappa shape index (κ1) is 19.6. The van der Waals surface area contributed by atoms with E-state index in [0.29, 0.717) is 12.8 Å². The molecule has 0 spiro atoms. The number of benzene rings is 2. The summed E-state index contributed by atoms with van der Waals surface area (Å²) in [5.74, 6) is 0. The van der Waals surface area contributed by atoms with E-state index in [9.17, 15) is 20.4 Å². The van der Waals surface area contributed by atoms with Crippen LogP contribution in [0.5, 0.6) is 0 Å². The zero-order valence-corrected chi connectivity index (χ0v) is 14.1. The average Bonchev–Trinajstić information content (AvgIpc) is 2.64. The van der Waals surface area contributed by atoms with Crippen molar-refractivity contribution in [2.75, 3.05) is 13.2 Å². The minimum Gasteiger partial charge on any atom is -0.394 e. The highest BCUT2D eigenvalue weighted by Crippen LogP contribution is 2.14. The van der Waals surface area contributed by atoms with Crippen molar-refractivity contribution < 1.29 is 25.2 Å². The molecule has 0 aromatic heterocycles. The second-order valence-electron chi connectivity index (χ2n) is 6.09. The van der Waals surface area contributed by atoms with Gasteiger partial charge in [0.2, 0.25) is 0 Å². The molecule has 0 amide bonds. The van der Waals surface area contributed by atoms with Crippen LogP contribution >= 0.6 is 0 Å². The quantitative estimate of drug-likeness (QED) is 0.514. The third kappa shape index (κ3) is 6.23. The fourth-order valence-corrected chi connectivity index (χ4v) is 2.71. The maximum absolute atomic E-state index is 10.3. The summed E-state index contributed by atoms with van der Waals surface area (Å²) < 4.78 is 5.62. The molecular formula is C20H26O5. The van der Waals surface area contributed by atoms with Crippen LogP contribution in [0.4, 0.5) is 0 Å². The molecule has 0 aliphatic rings. The normalized spacial score (nSPS) is 16.2. The second-order valence-corrected chi connectivity index (χ2v) is 6.09. The predicted octanol–water partition coefficient (Wildman–Crippen LogP) is 0.932. The van der Waals surface area contributed by atoms with Gasteiger partial charge in [0.15, 0.2) is 0 Å². The maximum Gasteiger partial charge on any atom is 0.107 e. The number of aliphatic hydroxyl groups is 4. The van der Waals surface area contributed by atoms with Crippen LogP contribution in [0.2, 0.25) is 0 Å². The number of rotatable bonds is 10. The molecule has 0 heterocycles. The molecule has 5 heteroatoms. The Morgan fingerprint density at radius 2 is 1.00 bits per heavy atom. The number of hydrogen-bond donors (Lipinski definition) is 4. The van der Waals surface area contributed by atoms with Gasteiger partial charge in [-0.25, -0.2) is 0 Å². The predicted molar refractivity (Wildman–Crippen MR) is 95.1 cm³/mol. The van der Waals surface area contributed by atoms with Gasteiger partial charge in [-0.15, -0.1) is 0 Å². The van der Waals surface area contributed by atoms with Crippen molar-refractivity contribution in [1.82, 2.24) is 0 Å². The average molecular weight is 346 g/mol. The van der Waals surface area contributed by atoms with Gasteiger partial charge >= 0.3 is 0 Å². The molecule has 0 aliphatic heterocycles. The topological polar surface area (TPSA) is 90.2 Å². The fourth-order valence-electron chi connectivity index (χ4n) is 2.71. The van der Waals surface area contributed by atoms with Crippen molar-refractivity contribution in [2.45, 2.75) is 37.3 Å². The molecule has 4 unspecified atom stereocenters. The Bertz CT molecular complexity index is 536.